The number of carbonyl (C=O) groups excluding carboxylic acids is 1. The van der Waals surface area contributed by atoms with E-state index < -0.39 is 0 Å². The number of benzene rings is 1. The van der Waals surface area contributed by atoms with Gasteiger partial charge in [-0.1, -0.05) is 12.1 Å². The minimum absolute atomic E-state index is 0.160. The molecule has 9 nitrogen and oxygen atoms in total. The van der Waals surface area contributed by atoms with E-state index in [0.29, 0.717) is 5.69 Å². The van der Waals surface area contributed by atoms with E-state index >= 15 is 0 Å². The number of imidazole rings is 1. The molecule has 0 saturated heterocycles. The highest BCUT2D eigenvalue weighted by Crippen LogP contribution is 2.30. The Morgan fingerprint density at radius 2 is 1.81 bits per heavy atom. The maximum atomic E-state index is 13.2. The quantitative estimate of drug-likeness (QED) is 0.476. The van der Waals surface area contributed by atoms with E-state index in [1.807, 2.05) is 44.4 Å². The average molecular weight is 427 g/mol. The summed E-state index contributed by atoms with van der Waals surface area (Å²) in [6.07, 6.45) is 5.23. The lowest BCUT2D eigenvalue weighted by atomic mass is 10.0. The summed E-state index contributed by atoms with van der Waals surface area (Å²) in [5.74, 6) is -0.235. The van der Waals surface area contributed by atoms with Crippen LogP contribution < -0.4 is 11.0 Å². The van der Waals surface area contributed by atoms with Gasteiger partial charge >= 0.3 is 5.69 Å². The van der Waals surface area contributed by atoms with Crippen LogP contribution in [0.4, 0.5) is 0 Å². The number of nitrogens with one attached hydrogen (secondary N) is 1. The van der Waals surface area contributed by atoms with Crippen LogP contribution in [0.3, 0.4) is 0 Å². The third kappa shape index (κ3) is 2.89. The summed E-state index contributed by atoms with van der Waals surface area (Å²) in [6, 6.07) is 9.43. The molecule has 1 amide bonds. The molecule has 0 saturated carbocycles. The Morgan fingerprint density at radius 1 is 1.03 bits per heavy atom. The number of fused-ring (bicyclic) bond motifs is 3. The molecule has 0 radical (unpaired) electrons. The molecule has 1 N–H and O–H groups in total. The second-order valence-corrected chi connectivity index (χ2v) is 7.69. The Hall–Kier alpha value is -4.27. The van der Waals surface area contributed by atoms with E-state index in [2.05, 4.69) is 20.4 Å². The van der Waals surface area contributed by atoms with E-state index in [4.69, 9.17) is 0 Å². The molecule has 0 aliphatic rings. The van der Waals surface area contributed by atoms with Gasteiger partial charge in [-0.15, -0.1) is 0 Å². The van der Waals surface area contributed by atoms with Crippen molar-refractivity contribution < 1.29 is 4.79 Å². The minimum atomic E-state index is -0.235. The molecule has 4 aromatic heterocycles. The smallest absolute Gasteiger partial charge is 0.333 e. The van der Waals surface area contributed by atoms with Gasteiger partial charge in [0.05, 0.1) is 34.1 Å². The summed E-state index contributed by atoms with van der Waals surface area (Å²) in [5.41, 5.74) is 5.74. The zero-order valence-electron chi connectivity index (χ0n) is 18.1. The van der Waals surface area contributed by atoms with E-state index in [9.17, 15) is 9.59 Å². The molecular formula is C23H21N7O2. The molecule has 0 aliphatic carbocycles. The first kappa shape index (κ1) is 19.7. The Kier molecular flexibility index (Phi) is 4.40. The molecule has 0 atom stereocenters. The summed E-state index contributed by atoms with van der Waals surface area (Å²) < 4.78 is 4.99. The van der Waals surface area contributed by atoms with E-state index in [-0.39, 0.29) is 11.6 Å². The standard InChI is InChI=1S/C23H21N7O2/c1-13-20(12-28(3)27-13)30-21-16-9-14(15-6-8-18(25-10-15)22(31)24-2)5-7-17(16)26-11-19(21)29(4)23(30)32/h5-12H,1-4H3,(H,24,31). The Balaban J connectivity index is 1.78. The van der Waals surface area contributed by atoms with Crippen molar-refractivity contribution >= 4 is 27.8 Å². The van der Waals surface area contributed by atoms with Gasteiger partial charge in [0.15, 0.2) is 0 Å². The zero-order valence-corrected chi connectivity index (χ0v) is 18.1. The lowest BCUT2D eigenvalue weighted by Crippen LogP contribution is -2.21. The summed E-state index contributed by atoms with van der Waals surface area (Å²) in [6.45, 7) is 1.88. The Labute approximate surface area is 183 Å². The number of rotatable bonds is 3. The van der Waals surface area contributed by atoms with Gasteiger partial charge in [-0.3, -0.25) is 28.6 Å². The summed E-state index contributed by atoms with van der Waals surface area (Å²) in [4.78, 5) is 33.8. The SMILES string of the molecule is CNC(=O)c1ccc(-c2ccc3ncc4c(c3c2)n(-c2cn(C)nc2C)c(=O)n4C)cn1. The number of hydrogen-bond donors (Lipinski definition) is 1. The van der Waals surface area contributed by atoms with Gasteiger partial charge in [-0.25, -0.2) is 4.79 Å². The fourth-order valence-electron chi connectivity index (χ4n) is 4.03. The zero-order chi connectivity index (χ0) is 22.6. The predicted octanol–water partition coefficient (Wildman–Crippen LogP) is 2.34. The first-order valence-corrected chi connectivity index (χ1v) is 10.1. The molecule has 0 fully saturated rings. The second kappa shape index (κ2) is 7.16. The van der Waals surface area contributed by atoms with Crippen molar-refractivity contribution in [2.75, 3.05) is 7.05 Å². The normalized spacial score (nSPS) is 11.4. The van der Waals surface area contributed by atoms with E-state index in [1.165, 1.54) is 0 Å². The third-order valence-electron chi connectivity index (χ3n) is 5.67. The van der Waals surface area contributed by atoms with E-state index in [1.54, 1.807) is 46.4 Å². The fraction of sp³-hybridized carbons (Fsp3) is 0.174. The molecule has 1 aromatic carbocycles. The van der Waals surface area contributed by atoms with Gasteiger partial charge in [-0.05, 0) is 30.7 Å². The number of hydrogen-bond acceptors (Lipinski definition) is 5. The lowest BCUT2D eigenvalue weighted by Gasteiger charge is -2.08. The molecule has 0 spiro atoms. The molecule has 0 bridgehead atoms. The van der Waals surface area contributed by atoms with Crippen LogP contribution in [0.5, 0.6) is 0 Å². The predicted molar refractivity (Wildman–Crippen MR) is 122 cm³/mol. The van der Waals surface area contributed by atoms with Gasteiger partial charge in [0.1, 0.15) is 5.69 Å². The van der Waals surface area contributed by atoms with Crippen molar-refractivity contribution in [3.05, 3.63) is 70.8 Å². The van der Waals surface area contributed by atoms with Crippen LogP contribution in [-0.2, 0) is 14.1 Å². The summed E-state index contributed by atoms with van der Waals surface area (Å²) in [5, 5.41) is 7.82. The summed E-state index contributed by atoms with van der Waals surface area (Å²) in [7, 11) is 5.15. The van der Waals surface area contributed by atoms with Crippen molar-refractivity contribution in [2.24, 2.45) is 14.1 Å². The highest BCUT2D eigenvalue weighted by molar-refractivity contribution is 6.04. The molecule has 32 heavy (non-hydrogen) atoms. The van der Waals surface area contributed by atoms with Gasteiger partial charge < -0.3 is 5.32 Å². The summed E-state index contributed by atoms with van der Waals surface area (Å²) >= 11 is 0. The molecule has 0 aliphatic heterocycles. The van der Waals surface area contributed by atoms with Crippen LogP contribution in [0.2, 0.25) is 0 Å². The van der Waals surface area contributed by atoms with Gasteiger partial charge in [-0.2, -0.15) is 5.10 Å². The molecule has 160 valence electrons. The lowest BCUT2D eigenvalue weighted by molar-refractivity contribution is 0.0958. The van der Waals surface area contributed by atoms with Crippen molar-refractivity contribution in [1.29, 1.82) is 0 Å². The fourth-order valence-corrected chi connectivity index (χ4v) is 4.03. The first-order valence-electron chi connectivity index (χ1n) is 10.1. The maximum Gasteiger partial charge on any atom is 0.333 e. The van der Waals surface area contributed by atoms with Crippen LogP contribution >= 0.6 is 0 Å². The monoisotopic (exact) mass is 427 g/mol. The van der Waals surface area contributed by atoms with Crippen LogP contribution in [0.25, 0.3) is 38.8 Å². The van der Waals surface area contributed by atoms with Crippen molar-refractivity contribution in [3.63, 3.8) is 0 Å². The van der Waals surface area contributed by atoms with Gasteiger partial charge in [0.25, 0.3) is 5.91 Å². The number of aryl methyl sites for hydroxylation is 3. The molecular weight excluding hydrogens is 406 g/mol. The molecule has 0 unspecified atom stereocenters. The van der Waals surface area contributed by atoms with Crippen LogP contribution in [0, 0.1) is 6.92 Å². The second-order valence-electron chi connectivity index (χ2n) is 7.69. The van der Waals surface area contributed by atoms with Gasteiger partial charge in [0, 0.05) is 44.5 Å². The number of carbonyl (C=O) groups is 1. The molecule has 5 aromatic rings. The third-order valence-corrected chi connectivity index (χ3v) is 5.67. The van der Waals surface area contributed by atoms with Crippen LogP contribution in [-0.4, -0.2) is 41.8 Å². The Bertz CT molecular complexity index is 1570. The van der Waals surface area contributed by atoms with Crippen LogP contribution in [0.1, 0.15) is 16.2 Å². The number of aromatic nitrogens is 6. The molecule has 4 heterocycles. The van der Waals surface area contributed by atoms with Crippen molar-refractivity contribution in [3.8, 4) is 16.8 Å². The average Bonchev–Trinajstić information content (AvgIpc) is 3.27. The first-order chi connectivity index (χ1) is 15.4. The number of pyridine rings is 2. The highest BCUT2D eigenvalue weighted by atomic mass is 16.2. The van der Waals surface area contributed by atoms with E-state index in [0.717, 1.165) is 44.4 Å². The number of amides is 1. The van der Waals surface area contributed by atoms with Gasteiger partial charge in [0.2, 0.25) is 0 Å². The minimum Gasteiger partial charge on any atom is -0.354 e. The Morgan fingerprint density at radius 3 is 2.47 bits per heavy atom. The largest absolute Gasteiger partial charge is 0.354 e. The molecule has 9 heteroatoms. The number of nitrogens with zero attached hydrogens (tertiary/aromatic N) is 6. The topological polar surface area (TPSA) is 99.6 Å². The maximum absolute atomic E-state index is 13.2. The van der Waals surface area contributed by atoms with Crippen LogP contribution in [0.15, 0.2) is 53.7 Å². The highest BCUT2D eigenvalue weighted by Gasteiger charge is 2.19. The molecule has 5 rings (SSSR count). The van der Waals surface area contributed by atoms with Crippen molar-refractivity contribution in [2.45, 2.75) is 6.92 Å². The van der Waals surface area contributed by atoms with Crippen molar-refractivity contribution in [1.82, 2.24) is 34.2 Å².